The van der Waals surface area contributed by atoms with Crippen LogP contribution in [0.5, 0.6) is 0 Å². The Kier molecular flexibility index (Phi) is 5.14. The number of benzene rings is 2. The molecule has 29 heavy (non-hydrogen) atoms. The van der Waals surface area contributed by atoms with E-state index in [1.54, 1.807) is 42.8 Å². The molecule has 4 rings (SSSR count). The number of aryl methyl sites for hydroxylation is 1. The largest absolute Gasteiger partial charge is 0.448 e. The van der Waals surface area contributed by atoms with Gasteiger partial charge in [-0.15, -0.1) is 0 Å². The number of fused-ring (bicyclic) bond motifs is 1. The van der Waals surface area contributed by atoms with Crippen LogP contribution in [0.3, 0.4) is 0 Å². The second kappa shape index (κ2) is 7.89. The van der Waals surface area contributed by atoms with Gasteiger partial charge in [0.2, 0.25) is 5.78 Å². The summed E-state index contributed by atoms with van der Waals surface area (Å²) in [6, 6.07) is 16.3. The first-order valence-corrected chi connectivity index (χ1v) is 9.92. The van der Waals surface area contributed by atoms with Gasteiger partial charge in [-0.1, -0.05) is 59.9 Å². The van der Waals surface area contributed by atoms with Crippen molar-refractivity contribution in [3.05, 3.63) is 92.7 Å². The quantitative estimate of drug-likeness (QED) is 0.389. The zero-order valence-electron chi connectivity index (χ0n) is 15.6. The number of nitrogens with zero attached hydrogens (tertiary/aromatic N) is 1. The zero-order chi connectivity index (χ0) is 20.4. The molecule has 0 aliphatic rings. The summed E-state index contributed by atoms with van der Waals surface area (Å²) >= 11 is 1.02. The van der Waals surface area contributed by atoms with Gasteiger partial charge in [-0.05, 0) is 13.0 Å². The number of ether oxygens (including phenoxy) is 1. The number of aromatic amines is 1. The van der Waals surface area contributed by atoms with E-state index < -0.39 is 12.1 Å². The summed E-state index contributed by atoms with van der Waals surface area (Å²) in [7, 11) is 0. The van der Waals surface area contributed by atoms with Gasteiger partial charge in [0.05, 0.1) is 0 Å². The summed E-state index contributed by atoms with van der Waals surface area (Å²) in [5.74, 6) is -0.966. The molecule has 2 aromatic carbocycles. The van der Waals surface area contributed by atoms with Crippen molar-refractivity contribution in [1.29, 1.82) is 0 Å². The molecule has 0 saturated carbocycles. The lowest BCUT2D eigenvalue weighted by Gasteiger charge is -2.17. The molecule has 0 spiro atoms. The third kappa shape index (κ3) is 3.77. The number of nitrogens with one attached hydrogen (secondary N) is 1. The number of thiazole rings is 1. The molecule has 6 nitrogen and oxygen atoms in total. The highest BCUT2D eigenvalue weighted by Crippen LogP contribution is 2.27. The number of aromatic nitrogens is 2. The van der Waals surface area contributed by atoms with Crippen LogP contribution in [0.15, 0.2) is 71.0 Å². The molecule has 0 radical (unpaired) electrons. The molecule has 4 aromatic rings. The smallest absolute Gasteiger partial charge is 0.327 e. The molecule has 1 atom stereocenters. The van der Waals surface area contributed by atoms with Crippen molar-refractivity contribution in [2.75, 3.05) is 0 Å². The lowest BCUT2D eigenvalue weighted by Crippen LogP contribution is -2.26. The van der Waals surface area contributed by atoms with E-state index in [9.17, 15) is 14.4 Å². The van der Waals surface area contributed by atoms with Crippen molar-refractivity contribution < 1.29 is 14.3 Å². The number of Topliss-reactive ketones (excluding diaryl/α,β-unsaturated/α-hetero) is 1. The third-order valence-corrected chi connectivity index (χ3v) is 5.59. The standard InChI is InChI=1S/C22H18N2O4S/c1-14-13-29-22(27)24(14)12-19(25)28-21(15-7-3-2-4-8-15)20(26)17-11-23-18-10-6-5-9-16(17)18/h2-11,13,21,23H,12H2,1H3. The molecule has 7 heteroatoms. The first-order valence-electron chi connectivity index (χ1n) is 9.04. The lowest BCUT2D eigenvalue weighted by atomic mass is 9.99. The van der Waals surface area contributed by atoms with Crippen molar-refractivity contribution in [3.63, 3.8) is 0 Å². The van der Waals surface area contributed by atoms with E-state index in [-0.39, 0.29) is 17.2 Å². The fourth-order valence-corrected chi connectivity index (χ4v) is 3.95. The highest BCUT2D eigenvalue weighted by atomic mass is 32.1. The van der Waals surface area contributed by atoms with E-state index in [1.165, 1.54) is 4.57 Å². The number of hydrogen-bond donors (Lipinski definition) is 1. The summed E-state index contributed by atoms with van der Waals surface area (Å²) in [5.41, 5.74) is 2.53. The molecule has 2 aromatic heterocycles. The summed E-state index contributed by atoms with van der Waals surface area (Å²) in [6.45, 7) is 1.51. The Balaban J connectivity index is 1.66. The minimum atomic E-state index is -1.10. The summed E-state index contributed by atoms with van der Waals surface area (Å²) in [5, 5.41) is 2.45. The number of rotatable bonds is 6. The Labute approximate surface area is 170 Å². The predicted octanol–water partition coefficient (Wildman–Crippen LogP) is 3.87. The number of carbonyl (C=O) groups is 2. The fourth-order valence-electron chi connectivity index (χ4n) is 3.21. The molecular weight excluding hydrogens is 388 g/mol. The van der Waals surface area contributed by atoms with Gasteiger partial charge in [-0.3, -0.25) is 19.0 Å². The van der Waals surface area contributed by atoms with E-state index in [0.717, 1.165) is 22.2 Å². The van der Waals surface area contributed by atoms with Gasteiger partial charge in [0.25, 0.3) is 0 Å². The van der Waals surface area contributed by atoms with Crippen LogP contribution >= 0.6 is 11.3 Å². The van der Waals surface area contributed by atoms with Crippen LogP contribution in [-0.2, 0) is 16.1 Å². The van der Waals surface area contributed by atoms with Gasteiger partial charge in [-0.25, -0.2) is 0 Å². The molecule has 2 heterocycles. The normalized spacial score (nSPS) is 12.0. The van der Waals surface area contributed by atoms with Crippen LogP contribution in [0.25, 0.3) is 10.9 Å². The zero-order valence-corrected chi connectivity index (χ0v) is 16.4. The van der Waals surface area contributed by atoms with Crippen LogP contribution in [0.2, 0.25) is 0 Å². The monoisotopic (exact) mass is 406 g/mol. The number of esters is 1. The van der Waals surface area contributed by atoms with Crippen LogP contribution in [0.1, 0.15) is 27.7 Å². The van der Waals surface area contributed by atoms with E-state index in [0.29, 0.717) is 16.8 Å². The maximum Gasteiger partial charge on any atom is 0.327 e. The molecule has 0 aliphatic heterocycles. The molecule has 146 valence electrons. The van der Waals surface area contributed by atoms with Crippen molar-refractivity contribution in [2.24, 2.45) is 0 Å². The van der Waals surface area contributed by atoms with Crippen LogP contribution in [0.4, 0.5) is 0 Å². The van der Waals surface area contributed by atoms with Gasteiger partial charge in [0.15, 0.2) is 6.10 Å². The highest BCUT2D eigenvalue weighted by molar-refractivity contribution is 7.07. The molecule has 0 fully saturated rings. The van der Waals surface area contributed by atoms with Gasteiger partial charge >= 0.3 is 10.8 Å². The highest BCUT2D eigenvalue weighted by Gasteiger charge is 2.28. The minimum Gasteiger partial charge on any atom is -0.448 e. The Morgan fingerprint density at radius 3 is 2.55 bits per heavy atom. The molecule has 1 unspecified atom stereocenters. The fraction of sp³-hybridized carbons (Fsp3) is 0.136. The number of ketones is 1. The summed E-state index contributed by atoms with van der Waals surface area (Å²) < 4.78 is 6.94. The van der Waals surface area contributed by atoms with Crippen LogP contribution in [-0.4, -0.2) is 21.3 Å². The topological polar surface area (TPSA) is 81.2 Å². The van der Waals surface area contributed by atoms with E-state index in [1.807, 2.05) is 30.3 Å². The van der Waals surface area contributed by atoms with Gasteiger partial charge in [-0.2, -0.15) is 0 Å². The predicted molar refractivity (Wildman–Crippen MR) is 111 cm³/mol. The first-order chi connectivity index (χ1) is 14.0. The van der Waals surface area contributed by atoms with Crippen molar-refractivity contribution >= 4 is 34.0 Å². The Morgan fingerprint density at radius 1 is 1.10 bits per heavy atom. The van der Waals surface area contributed by atoms with Crippen molar-refractivity contribution in [1.82, 2.24) is 9.55 Å². The maximum absolute atomic E-state index is 13.3. The lowest BCUT2D eigenvalue weighted by molar-refractivity contribution is -0.148. The second-order valence-corrected chi connectivity index (χ2v) is 7.44. The maximum atomic E-state index is 13.3. The Hall–Kier alpha value is -3.45. The van der Waals surface area contributed by atoms with Crippen LogP contribution < -0.4 is 4.87 Å². The SMILES string of the molecule is Cc1csc(=O)n1CC(=O)OC(C(=O)c1c[nH]c2ccccc12)c1ccccc1. The molecule has 1 N–H and O–H groups in total. The van der Waals surface area contributed by atoms with E-state index >= 15 is 0 Å². The average molecular weight is 406 g/mol. The molecule has 0 amide bonds. The van der Waals surface area contributed by atoms with Crippen LogP contribution in [0, 0.1) is 6.92 Å². The Bertz CT molecular complexity index is 1240. The van der Waals surface area contributed by atoms with Gasteiger partial charge in [0, 0.05) is 39.3 Å². The average Bonchev–Trinajstić information content (AvgIpc) is 3.31. The van der Waals surface area contributed by atoms with E-state index in [4.69, 9.17) is 4.74 Å². The number of H-pyrrole nitrogens is 1. The first kappa shape index (κ1) is 18.9. The van der Waals surface area contributed by atoms with Gasteiger partial charge in [0.1, 0.15) is 6.54 Å². The number of para-hydroxylation sites is 1. The number of carbonyl (C=O) groups excluding carboxylic acids is 2. The molecule has 0 saturated heterocycles. The minimum absolute atomic E-state index is 0.237. The van der Waals surface area contributed by atoms with Gasteiger partial charge < -0.3 is 9.72 Å². The Morgan fingerprint density at radius 2 is 1.83 bits per heavy atom. The van der Waals surface area contributed by atoms with Crippen molar-refractivity contribution in [2.45, 2.75) is 19.6 Å². The molecule has 0 bridgehead atoms. The summed E-state index contributed by atoms with van der Waals surface area (Å²) in [6.07, 6.45) is 0.530. The summed E-state index contributed by atoms with van der Waals surface area (Å²) in [4.78, 5) is 40.7. The molecular formula is C22H18N2O4S. The molecule has 0 aliphatic carbocycles. The van der Waals surface area contributed by atoms with E-state index in [2.05, 4.69) is 4.98 Å². The third-order valence-electron chi connectivity index (χ3n) is 4.71. The second-order valence-electron chi connectivity index (χ2n) is 6.62. The van der Waals surface area contributed by atoms with Crippen molar-refractivity contribution in [3.8, 4) is 0 Å². The number of hydrogen-bond acceptors (Lipinski definition) is 5.